The predicted octanol–water partition coefficient (Wildman–Crippen LogP) is 6.20. The Morgan fingerprint density at radius 3 is 2.28 bits per heavy atom. The molecule has 0 saturated heterocycles. The van der Waals surface area contributed by atoms with Crippen molar-refractivity contribution in [1.82, 2.24) is 10.6 Å². The zero-order valence-electron chi connectivity index (χ0n) is 19.9. The number of carbonyl (C=O) groups excluding carboxylic acids is 2. The molecule has 1 unspecified atom stereocenters. The third-order valence-electron chi connectivity index (χ3n) is 6.39. The Morgan fingerprint density at radius 1 is 1.00 bits per heavy atom. The first-order valence-electron chi connectivity index (χ1n) is 11.9. The number of aliphatic hydroxyl groups excluding tert-OH is 1. The third-order valence-corrected chi connectivity index (χ3v) is 6.94. The van der Waals surface area contributed by atoms with E-state index in [9.17, 15) is 14.7 Å². The van der Waals surface area contributed by atoms with Crippen LogP contribution in [0, 0.1) is 0 Å². The molecule has 188 valence electrons. The molecule has 0 aromatic heterocycles. The fourth-order valence-electron chi connectivity index (χ4n) is 4.29. The average Bonchev–Trinajstić information content (AvgIpc) is 3.34. The monoisotopic (exact) mass is 526 g/mol. The third kappa shape index (κ3) is 6.19. The summed E-state index contributed by atoms with van der Waals surface area (Å²) >= 11 is 12.2. The smallest absolute Gasteiger partial charge is 0.252 e. The zero-order valence-corrected chi connectivity index (χ0v) is 21.4. The van der Waals surface area contributed by atoms with Gasteiger partial charge in [-0.25, -0.2) is 0 Å². The van der Waals surface area contributed by atoms with Crippen LogP contribution in [0.3, 0.4) is 0 Å². The summed E-state index contributed by atoms with van der Waals surface area (Å²) in [5, 5.41) is 16.6. The topological polar surface area (TPSA) is 87.7 Å². The van der Waals surface area contributed by atoms with Crippen LogP contribution in [0.15, 0.2) is 66.7 Å². The summed E-state index contributed by atoms with van der Waals surface area (Å²) in [6.07, 6.45) is 2.33. The fourth-order valence-corrected chi connectivity index (χ4v) is 4.65. The average molecular weight is 527 g/mol. The minimum atomic E-state index is -0.922. The van der Waals surface area contributed by atoms with Crippen molar-refractivity contribution in [3.05, 3.63) is 93.5 Å². The normalized spacial score (nSPS) is 15.2. The second kappa shape index (κ2) is 11.3. The Kier molecular flexibility index (Phi) is 8.19. The van der Waals surface area contributed by atoms with Gasteiger partial charge in [0.05, 0.1) is 11.1 Å². The van der Waals surface area contributed by atoms with Crippen LogP contribution in [0.2, 0.25) is 10.0 Å². The largest absolute Gasteiger partial charge is 0.456 e. The van der Waals surface area contributed by atoms with E-state index < -0.39 is 11.6 Å². The Bertz CT molecular complexity index is 1220. The molecule has 3 N–H and O–H groups in total. The molecular weight excluding hydrogens is 499 g/mol. The number of carbonyl (C=O) groups is 2. The maximum atomic E-state index is 13.2. The van der Waals surface area contributed by atoms with Gasteiger partial charge < -0.3 is 20.5 Å². The molecule has 0 bridgehead atoms. The number of halogens is 2. The van der Waals surface area contributed by atoms with E-state index in [-0.39, 0.29) is 11.8 Å². The van der Waals surface area contributed by atoms with Crippen molar-refractivity contribution in [2.75, 3.05) is 0 Å². The molecule has 1 atom stereocenters. The Balaban J connectivity index is 1.36. The van der Waals surface area contributed by atoms with Gasteiger partial charge in [0.25, 0.3) is 5.91 Å². The molecule has 1 aliphatic carbocycles. The first-order valence-corrected chi connectivity index (χ1v) is 12.6. The molecule has 2 amide bonds. The van der Waals surface area contributed by atoms with E-state index in [0.717, 1.165) is 18.4 Å². The Hall–Kier alpha value is -3.06. The molecule has 0 radical (unpaired) electrons. The summed E-state index contributed by atoms with van der Waals surface area (Å²) in [6, 6.07) is 19.1. The maximum absolute atomic E-state index is 13.2. The van der Waals surface area contributed by atoms with Gasteiger partial charge in [-0.05, 0) is 79.4 Å². The first kappa shape index (κ1) is 26.0. The lowest BCUT2D eigenvalue weighted by Crippen LogP contribution is -2.57. The van der Waals surface area contributed by atoms with E-state index in [4.69, 9.17) is 27.9 Å². The highest BCUT2D eigenvalue weighted by atomic mass is 35.5. The highest BCUT2D eigenvalue weighted by molar-refractivity contribution is 6.32. The van der Waals surface area contributed by atoms with Crippen LogP contribution in [-0.4, -0.2) is 22.5 Å². The van der Waals surface area contributed by atoms with Gasteiger partial charge in [0.15, 0.2) is 0 Å². The van der Waals surface area contributed by atoms with Gasteiger partial charge in [-0.2, -0.15) is 0 Å². The van der Waals surface area contributed by atoms with Crippen molar-refractivity contribution in [3.8, 4) is 11.5 Å². The van der Waals surface area contributed by atoms with Gasteiger partial charge in [0.1, 0.15) is 17.0 Å². The number of hydrogen-bond acceptors (Lipinski definition) is 4. The van der Waals surface area contributed by atoms with Gasteiger partial charge in [0, 0.05) is 17.1 Å². The van der Waals surface area contributed by atoms with Gasteiger partial charge in [-0.1, -0.05) is 54.2 Å². The predicted molar refractivity (Wildman–Crippen MR) is 141 cm³/mol. The number of rotatable bonds is 8. The van der Waals surface area contributed by atoms with Gasteiger partial charge >= 0.3 is 0 Å². The van der Waals surface area contributed by atoms with E-state index in [0.29, 0.717) is 52.1 Å². The number of benzene rings is 3. The molecule has 1 fully saturated rings. The Labute approximate surface area is 220 Å². The lowest BCUT2D eigenvalue weighted by molar-refractivity contribution is -0.127. The summed E-state index contributed by atoms with van der Waals surface area (Å²) in [5.41, 5.74) is 1.15. The van der Waals surface area contributed by atoms with Crippen molar-refractivity contribution in [3.63, 3.8) is 0 Å². The summed E-state index contributed by atoms with van der Waals surface area (Å²) in [7, 11) is 0. The molecule has 0 heterocycles. The number of nitrogens with one attached hydrogen (secondary N) is 2. The molecule has 0 spiro atoms. The van der Waals surface area contributed by atoms with Gasteiger partial charge in [-0.3, -0.25) is 9.59 Å². The number of amides is 2. The van der Waals surface area contributed by atoms with Crippen molar-refractivity contribution in [1.29, 1.82) is 0 Å². The lowest BCUT2D eigenvalue weighted by atomic mass is 9.95. The van der Waals surface area contributed by atoms with Crippen molar-refractivity contribution in [2.24, 2.45) is 0 Å². The van der Waals surface area contributed by atoms with Crippen LogP contribution in [0.1, 0.15) is 60.2 Å². The van der Waals surface area contributed by atoms with Crippen LogP contribution < -0.4 is 15.4 Å². The second-order valence-electron chi connectivity index (χ2n) is 9.04. The van der Waals surface area contributed by atoms with E-state index in [1.165, 1.54) is 0 Å². The molecule has 1 aliphatic rings. The van der Waals surface area contributed by atoms with E-state index in [1.54, 1.807) is 61.5 Å². The summed E-state index contributed by atoms with van der Waals surface area (Å²) in [4.78, 5) is 26.0. The molecule has 4 rings (SSSR count). The summed E-state index contributed by atoms with van der Waals surface area (Å²) in [5.74, 6) is 0.610. The van der Waals surface area contributed by atoms with Crippen LogP contribution in [0.5, 0.6) is 11.5 Å². The summed E-state index contributed by atoms with van der Waals surface area (Å²) in [6.45, 7) is 1.99. The number of ether oxygens (including phenoxy) is 1. The van der Waals surface area contributed by atoms with Crippen molar-refractivity contribution >= 4 is 35.0 Å². The molecule has 36 heavy (non-hydrogen) atoms. The van der Waals surface area contributed by atoms with Crippen LogP contribution in [0.25, 0.3) is 0 Å². The molecule has 0 aliphatic heterocycles. The SMILES string of the molecule is CC(O)c1ccc(Oc2ccc(CNC(=O)C3(NC(=O)c4ccc(Cl)cc4)CCCC3)cc2)c(Cl)c1. The molecular formula is C28H28Cl2N2O4. The highest BCUT2D eigenvalue weighted by Gasteiger charge is 2.42. The van der Waals surface area contributed by atoms with E-state index in [2.05, 4.69) is 10.6 Å². The van der Waals surface area contributed by atoms with Crippen LogP contribution >= 0.6 is 23.2 Å². The van der Waals surface area contributed by atoms with Gasteiger partial charge in [0.2, 0.25) is 5.91 Å². The summed E-state index contributed by atoms with van der Waals surface area (Å²) < 4.78 is 5.86. The minimum absolute atomic E-state index is 0.187. The van der Waals surface area contributed by atoms with Crippen LogP contribution in [0.4, 0.5) is 0 Å². The standard InChI is InChI=1S/C28H28Cl2N2O4/c1-18(33)21-8-13-25(24(30)16-21)36-23-11-4-19(5-12-23)17-31-27(35)28(14-2-3-15-28)32-26(34)20-6-9-22(29)10-7-20/h4-13,16,18,33H,2-3,14-15,17H2,1H3,(H,31,35)(H,32,34). The first-order chi connectivity index (χ1) is 17.3. The lowest BCUT2D eigenvalue weighted by Gasteiger charge is -2.29. The minimum Gasteiger partial charge on any atom is -0.456 e. The van der Waals surface area contributed by atoms with Crippen molar-refractivity contribution < 1.29 is 19.4 Å². The number of aliphatic hydroxyl groups is 1. The Morgan fingerprint density at radius 2 is 1.67 bits per heavy atom. The maximum Gasteiger partial charge on any atom is 0.252 e. The highest BCUT2D eigenvalue weighted by Crippen LogP contribution is 2.32. The van der Waals surface area contributed by atoms with E-state index in [1.807, 2.05) is 12.1 Å². The number of hydrogen-bond donors (Lipinski definition) is 3. The zero-order chi connectivity index (χ0) is 25.7. The molecule has 3 aromatic carbocycles. The molecule has 8 heteroatoms. The van der Waals surface area contributed by atoms with Crippen molar-refractivity contribution in [2.45, 2.75) is 50.8 Å². The second-order valence-corrected chi connectivity index (χ2v) is 9.89. The fraction of sp³-hybridized carbons (Fsp3) is 0.286. The van der Waals surface area contributed by atoms with Crippen LogP contribution in [-0.2, 0) is 11.3 Å². The molecule has 1 saturated carbocycles. The van der Waals surface area contributed by atoms with Gasteiger partial charge in [-0.15, -0.1) is 0 Å². The molecule has 3 aromatic rings. The van der Waals surface area contributed by atoms with E-state index >= 15 is 0 Å². The molecule has 6 nitrogen and oxygen atoms in total. The quantitative estimate of drug-likeness (QED) is 0.326.